The third-order valence-corrected chi connectivity index (χ3v) is 3.00. The molecule has 4 heteroatoms. The van der Waals surface area contributed by atoms with E-state index in [9.17, 15) is 0 Å². The topological polar surface area (TPSA) is 61.0 Å². The van der Waals surface area contributed by atoms with Crippen LogP contribution in [0.1, 0.15) is 36.6 Å². The van der Waals surface area contributed by atoms with Gasteiger partial charge in [-0.2, -0.15) is 5.10 Å². The molecule has 0 aliphatic heterocycles. The van der Waals surface area contributed by atoms with Gasteiger partial charge in [0.1, 0.15) is 5.75 Å². The van der Waals surface area contributed by atoms with Crippen molar-refractivity contribution < 1.29 is 4.74 Å². The van der Waals surface area contributed by atoms with Crippen LogP contribution < -0.4 is 10.5 Å². The summed E-state index contributed by atoms with van der Waals surface area (Å²) in [5, 5.41) is 7.99. The van der Waals surface area contributed by atoms with Gasteiger partial charge in [0.25, 0.3) is 0 Å². The fourth-order valence-electron chi connectivity index (χ4n) is 1.71. The van der Waals surface area contributed by atoms with Crippen LogP contribution in [0.5, 0.6) is 11.6 Å². The second kappa shape index (κ2) is 5.80. The van der Waals surface area contributed by atoms with Crippen LogP contribution in [0.15, 0.2) is 30.3 Å². The highest BCUT2D eigenvalue weighted by molar-refractivity contribution is 5.39. The van der Waals surface area contributed by atoms with Crippen LogP contribution in [0.4, 0.5) is 0 Å². The van der Waals surface area contributed by atoms with Gasteiger partial charge in [0, 0.05) is 12.6 Å². The van der Waals surface area contributed by atoms with E-state index in [0.29, 0.717) is 18.3 Å². The highest BCUT2D eigenvalue weighted by atomic mass is 16.5. The zero-order chi connectivity index (χ0) is 13.8. The molecule has 0 unspecified atom stereocenters. The molecule has 0 aliphatic rings. The number of hydrogen-bond acceptors (Lipinski definition) is 4. The molecule has 1 aromatic heterocycles. The molecule has 0 amide bonds. The van der Waals surface area contributed by atoms with E-state index >= 15 is 0 Å². The van der Waals surface area contributed by atoms with Crippen LogP contribution in [-0.4, -0.2) is 10.2 Å². The molecule has 100 valence electrons. The van der Waals surface area contributed by atoms with Crippen molar-refractivity contribution in [1.29, 1.82) is 0 Å². The molecule has 0 atom stereocenters. The van der Waals surface area contributed by atoms with E-state index in [0.717, 1.165) is 17.0 Å². The van der Waals surface area contributed by atoms with Crippen LogP contribution in [0.3, 0.4) is 0 Å². The Labute approximate surface area is 113 Å². The lowest BCUT2D eigenvalue weighted by molar-refractivity contribution is 0.449. The lowest BCUT2D eigenvalue weighted by Crippen LogP contribution is -2.01. The molecule has 0 bridgehead atoms. The minimum Gasteiger partial charge on any atom is -0.437 e. The summed E-state index contributed by atoms with van der Waals surface area (Å²) in [7, 11) is 0. The van der Waals surface area contributed by atoms with Gasteiger partial charge in [0.15, 0.2) is 0 Å². The summed E-state index contributed by atoms with van der Waals surface area (Å²) >= 11 is 0. The molecule has 0 fully saturated rings. The quantitative estimate of drug-likeness (QED) is 0.914. The van der Waals surface area contributed by atoms with Crippen LogP contribution in [0.25, 0.3) is 0 Å². The third kappa shape index (κ3) is 3.29. The Bertz CT molecular complexity index is 550. The largest absolute Gasteiger partial charge is 0.437 e. The molecule has 0 spiro atoms. The van der Waals surface area contributed by atoms with E-state index in [1.807, 2.05) is 13.0 Å². The van der Waals surface area contributed by atoms with E-state index in [1.165, 1.54) is 5.56 Å². The number of benzene rings is 1. The summed E-state index contributed by atoms with van der Waals surface area (Å²) in [5.74, 6) is 1.77. The number of nitrogens with zero attached hydrogens (tertiary/aromatic N) is 2. The van der Waals surface area contributed by atoms with Crippen molar-refractivity contribution >= 4 is 0 Å². The normalized spacial score (nSPS) is 10.8. The van der Waals surface area contributed by atoms with Crippen LogP contribution >= 0.6 is 0 Å². The highest BCUT2D eigenvalue weighted by Crippen LogP contribution is 2.27. The summed E-state index contributed by atoms with van der Waals surface area (Å²) < 4.78 is 5.79. The maximum atomic E-state index is 5.79. The van der Waals surface area contributed by atoms with Crippen LogP contribution in [0.2, 0.25) is 0 Å². The SMILES string of the molecule is Cc1ccc(C(C)C)cc1Oc1ccc(CN)nn1. The Morgan fingerprint density at radius 3 is 2.53 bits per heavy atom. The number of ether oxygens (including phenoxy) is 1. The molecule has 19 heavy (non-hydrogen) atoms. The highest BCUT2D eigenvalue weighted by Gasteiger charge is 2.07. The Morgan fingerprint density at radius 2 is 1.95 bits per heavy atom. The van der Waals surface area contributed by atoms with Crippen molar-refractivity contribution in [3.8, 4) is 11.6 Å². The summed E-state index contributed by atoms with van der Waals surface area (Å²) in [6, 6.07) is 9.85. The fourth-order valence-corrected chi connectivity index (χ4v) is 1.71. The second-order valence-corrected chi connectivity index (χ2v) is 4.85. The number of hydrogen-bond donors (Lipinski definition) is 1. The van der Waals surface area contributed by atoms with Crippen LogP contribution in [-0.2, 0) is 6.54 Å². The number of aryl methyl sites for hydroxylation is 1. The van der Waals surface area contributed by atoms with Gasteiger partial charge in [-0.05, 0) is 36.1 Å². The van der Waals surface area contributed by atoms with Gasteiger partial charge in [0.2, 0.25) is 5.88 Å². The van der Waals surface area contributed by atoms with Crippen molar-refractivity contribution in [2.45, 2.75) is 33.2 Å². The Kier molecular flexibility index (Phi) is 4.12. The predicted molar refractivity (Wildman–Crippen MR) is 75.3 cm³/mol. The number of aromatic nitrogens is 2. The zero-order valence-electron chi connectivity index (χ0n) is 11.6. The molecular formula is C15H19N3O. The predicted octanol–water partition coefficient (Wildman–Crippen LogP) is 3.16. The summed E-state index contributed by atoms with van der Waals surface area (Å²) in [6.45, 7) is 6.71. The smallest absolute Gasteiger partial charge is 0.238 e. The first-order valence-electron chi connectivity index (χ1n) is 6.41. The molecule has 4 nitrogen and oxygen atoms in total. The molecule has 0 saturated heterocycles. The Morgan fingerprint density at radius 1 is 1.16 bits per heavy atom. The van der Waals surface area contributed by atoms with Gasteiger partial charge in [-0.3, -0.25) is 0 Å². The number of nitrogens with two attached hydrogens (primary N) is 1. The molecule has 1 aromatic carbocycles. The monoisotopic (exact) mass is 257 g/mol. The molecule has 2 aromatic rings. The van der Waals surface area contributed by atoms with Crippen LogP contribution in [0, 0.1) is 6.92 Å². The molecular weight excluding hydrogens is 238 g/mol. The van der Waals surface area contributed by atoms with Crippen molar-refractivity contribution in [3.63, 3.8) is 0 Å². The molecule has 0 aliphatic carbocycles. The lowest BCUT2D eigenvalue weighted by Gasteiger charge is -2.11. The molecule has 1 heterocycles. The van der Waals surface area contributed by atoms with E-state index in [-0.39, 0.29) is 0 Å². The fraction of sp³-hybridized carbons (Fsp3) is 0.333. The average molecular weight is 257 g/mol. The van der Waals surface area contributed by atoms with Gasteiger partial charge < -0.3 is 10.5 Å². The Balaban J connectivity index is 2.23. The van der Waals surface area contributed by atoms with Crippen molar-refractivity contribution in [3.05, 3.63) is 47.2 Å². The van der Waals surface area contributed by atoms with Crippen molar-refractivity contribution in [2.24, 2.45) is 5.73 Å². The minimum atomic E-state index is 0.384. The summed E-state index contributed by atoms with van der Waals surface area (Å²) in [5.41, 5.74) is 8.56. The first-order valence-corrected chi connectivity index (χ1v) is 6.41. The van der Waals surface area contributed by atoms with Crippen molar-refractivity contribution in [1.82, 2.24) is 10.2 Å². The molecule has 2 N–H and O–H groups in total. The number of rotatable bonds is 4. The maximum absolute atomic E-state index is 5.79. The van der Waals surface area contributed by atoms with Gasteiger partial charge in [-0.1, -0.05) is 26.0 Å². The van der Waals surface area contributed by atoms with E-state index in [1.54, 1.807) is 6.07 Å². The average Bonchev–Trinajstić information content (AvgIpc) is 2.42. The molecule has 0 saturated carbocycles. The van der Waals surface area contributed by atoms with E-state index in [2.05, 4.69) is 42.2 Å². The first kappa shape index (κ1) is 13.5. The van der Waals surface area contributed by atoms with Gasteiger partial charge in [0.05, 0.1) is 5.69 Å². The zero-order valence-corrected chi connectivity index (χ0v) is 11.6. The summed E-state index contributed by atoms with van der Waals surface area (Å²) in [4.78, 5) is 0. The standard InChI is InChI=1S/C15H19N3O/c1-10(2)12-5-4-11(3)14(8-12)19-15-7-6-13(9-16)17-18-15/h4-8,10H,9,16H2,1-3H3. The summed E-state index contributed by atoms with van der Waals surface area (Å²) in [6.07, 6.45) is 0. The second-order valence-electron chi connectivity index (χ2n) is 4.85. The Hall–Kier alpha value is -1.94. The molecule has 0 radical (unpaired) electrons. The lowest BCUT2D eigenvalue weighted by atomic mass is 10.0. The van der Waals surface area contributed by atoms with Gasteiger partial charge in [-0.15, -0.1) is 5.10 Å². The van der Waals surface area contributed by atoms with Gasteiger partial charge >= 0.3 is 0 Å². The van der Waals surface area contributed by atoms with E-state index < -0.39 is 0 Å². The van der Waals surface area contributed by atoms with Gasteiger partial charge in [-0.25, -0.2) is 0 Å². The third-order valence-electron chi connectivity index (χ3n) is 3.00. The van der Waals surface area contributed by atoms with Crippen molar-refractivity contribution in [2.75, 3.05) is 0 Å². The van der Waals surface area contributed by atoms with E-state index in [4.69, 9.17) is 10.5 Å². The minimum absolute atomic E-state index is 0.384. The first-order chi connectivity index (χ1) is 9.10. The molecule has 2 rings (SSSR count). The maximum Gasteiger partial charge on any atom is 0.238 e.